The van der Waals surface area contributed by atoms with Gasteiger partial charge in [-0.1, -0.05) is 18.2 Å². The monoisotopic (exact) mass is 284 g/mol. The SMILES string of the molecule is C=CCc1cccc(/C=N\NC(=O)c2cc(C)[nH]n2)c1O. The van der Waals surface area contributed by atoms with Crippen molar-refractivity contribution in [1.29, 1.82) is 0 Å². The van der Waals surface area contributed by atoms with Crippen LogP contribution < -0.4 is 5.43 Å². The van der Waals surface area contributed by atoms with Crippen LogP contribution in [0.5, 0.6) is 5.75 Å². The largest absolute Gasteiger partial charge is 0.507 e. The predicted molar refractivity (Wildman–Crippen MR) is 80.4 cm³/mol. The Morgan fingerprint density at radius 3 is 3.05 bits per heavy atom. The fourth-order valence-electron chi connectivity index (χ4n) is 1.79. The van der Waals surface area contributed by atoms with Gasteiger partial charge >= 0.3 is 0 Å². The summed E-state index contributed by atoms with van der Waals surface area (Å²) in [5.41, 5.74) is 4.68. The number of aromatic nitrogens is 2. The van der Waals surface area contributed by atoms with E-state index in [2.05, 4.69) is 27.3 Å². The van der Waals surface area contributed by atoms with Crippen LogP contribution >= 0.6 is 0 Å². The second kappa shape index (κ2) is 6.51. The van der Waals surface area contributed by atoms with E-state index in [0.717, 1.165) is 11.3 Å². The predicted octanol–water partition coefficient (Wildman–Crippen LogP) is 1.92. The van der Waals surface area contributed by atoms with Crippen LogP contribution in [0, 0.1) is 6.92 Å². The number of carbonyl (C=O) groups is 1. The van der Waals surface area contributed by atoms with Gasteiger partial charge in [-0.3, -0.25) is 9.89 Å². The van der Waals surface area contributed by atoms with Gasteiger partial charge in [-0.15, -0.1) is 6.58 Å². The minimum Gasteiger partial charge on any atom is -0.507 e. The summed E-state index contributed by atoms with van der Waals surface area (Å²) in [6, 6.07) is 6.93. The molecule has 1 aromatic heterocycles. The average molecular weight is 284 g/mol. The topological polar surface area (TPSA) is 90.4 Å². The number of aromatic hydroxyl groups is 1. The van der Waals surface area contributed by atoms with Crippen LogP contribution in [-0.4, -0.2) is 27.4 Å². The molecule has 3 N–H and O–H groups in total. The number of hydrogen-bond acceptors (Lipinski definition) is 4. The van der Waals surface area contributed by atoms with Crippen LogP contribution in [0.2, 0.25) is 0 Å². The van der Waals surface area contributed by atoms with Gasteiger partial charge in [0.15, 0.2) is 5.69 Å². The molecule has 6 nitrogen and oxygen atoms in total. The quantitative estimate of drug-likeness (QED) is 0.445. The fraction of sp³-hybridized carbons (Fsp3) is 0.133. The minimum atomic E-state index is -0.419. The Morgan fingerprint density at radius 2 is 2.38 bits per heavy atom. The second-order valence-corrected chi connectivity index (χ2v) is 4.48. The van der Waals surface area contributed by atoms with E-state index in [0.29, 0.717) is 12.0 Å². The fourth-order valence-corrected chi connectivity index (χ4v) is 1.79. The molecule has 108 valence electrons. The highest BCUT2D eigenvalue weighted by atomic mass is 16.3. The minimum absolute atomic E-state index is 0.131. The molecule has 6 heteroatoms. The number of rotatable bonds is 5. The van der Waals surface area contributed by atoms with Gasteiger partial charge in [0.05, 0.1) is 6.21 Å². The van der Waals surface area contributed by atoms with E-state index in [-0.39, 0.29) is 11.4 Å². The molecule has 2 rings (SSSR count). The van der Waals surface area contributed by atoms with Crippen LogP contribution in [0.4, 0.5) is 0 Å². The van der Waals surface area contributed by atoms with E-state index in [1.165, 1.54) is 6.21 Å². The molecule has 0 saturated carbocycles. The van der Waals surface area contributed by atoms with Gasteiger partial charge in [0, 0.05) is 11.3 Å². The number of aromatic amines is 1. The molecule has 1 heterocycles. The van der Waals surface area contributed by atoms with Crippen molar-refractivity contribution in [3.8, 4) is 5.75 Å². The van der Waals surface area contributed by atoms with Gasteiger partial charge in [-0.2, -0.15) is 10.2 Å². The molecule has 0 bridgehead atoms. The van der Waals surface area contributed by atoms with Crippen LogP contribution in [0.15, 0.2) is 42.0 Å². The zero-order valence-corrected chi connectivity index (χ0v) is 11.6. The van der Waals surface area contributed by atoms with E-state index in [4.69, 9.17) is 0 Å². The number of hydrazone groups is 1. The number of aryl methyl sites for hydroxylation is 1. The van der Waals surface area contributed by atoms with Gasteiger partial charge in [0.25, 0.3) is 5.91 Å². The smallest absolute Gasteiger partial charge is 0.291 e. The summed E-state index contributed by atoms with van der Waals surface area (Å²) in [6.07, 6.45) is 3.66. The van der Waals surface area contributed by atoms with Crippen molar-refractivity contribution in [2.24, 2.45) is 5.10 Å². The number of nitrogens with one attached hydrogen (secondary N) is 2. The maximum absolute atomic E-state index is 11.7. The Labute approximate surface area is 122 Å². The Kier molecular flexibility index (Phi) is 4.50. The summed E-state index contributed by atoms with van der Waals surface area (Å²) in [4.78, 5) is 11.7. The Bertz CT molecular complexity index is 689. The number of carbonyl (C=O) groups excluding carboxylic acids is 1. The van der Waals surface area contributed by atoms with Crippen molar-refractivity contribution < 1.29 is 9.90 Å². The third kappa shape index (κ3) is 3.56. The maximum Gasteiger partial charge on any atom is 0.291 e. The van der Waals surface area contributed by atoms with Crippen molar-refractivity contribution in [3.05, 3.63) is 59.4 Å². The van der Waals surface area contributed by atoms with Gasteiger partial charge in [0.1, 0.15) is 5.75 Å². The molecule has 0 unspecified atom stereocenters. The number of phenols is 1. The first-order valence-electron chi connectivity index (χ1n) is 6.39. The third-order valence-electron chi connectivity index (χ3n) is 2.82. The summed E-state index contributed by atoms with van der Waals surface area (Å²) in [5, 5.41) is 20.4. The van der Waals surface area contributed by atoms with E-state index in [1.54, 1.807) is 37.3 Å². The summed E-state index contributed by atoms with van der Waals surface area (Å²) in [5.74, 6) is -0.289. The highest BCUT2D eigenvalue weighted by Crippen LogP contribution is 2.21. The number of benzene rings is 1. The van der Waals surface area contributed by atoms with Crippen molar-refractivity contribution in [2.75, 3.05) is 0 Å². The van der Waals surface area contributed by atoms with Gasteiger partial charge in [-0.05, 0) is 31.0 Å². The lowest BCUT2D eigenvalue weighted by Gasteiger charge is -2.04. The zero-order valence-electron chi connectivity index (χ0n) is 11.6. The van der Waals surface area contributed by atoms with E-state index < -0.39 is 5.91 Å². The Hall–Kier alpha value is -2.89. The molecular formula is C15H16N4O2. The normalized spacial score (nSPS) is 10.7. The van der Waals surface area contributed by atoms with Crippen LogP contribution in [0.25, 0.3) is 0 Å². The molecule has 0 atom stereocenters. The lowest BCUT2D eigenvalue weighted by molar-refractivity contribution is 0.0950. The van der Waals surface area contributed by atoms with Gasteiger partial charge < -0.3 is 5.11 Å². The van der Waals surface area contributed by atoms with Gasteiger partial charge in [0.2, 0.25) is 0 Å². The van der Waals surface area contributed by atoms with Crippen molar-refractivity contribution in [3.63, 3.8) is 0 Å². The average Bonchev–Trinajstić information content (AvgIpc) is 2.89. The molecule has 1 aromatic carbocycles. The standard InChI is InChI=1S/C15H16N4O2/c1-3-5-11-6-4-7-12(14(11)20)9-16-19-15(21)13-8-10(2)17-18-13/h3-4,6-9,20H,1,5H2,2H3,(H,17,18)(H,19,21)/b16-9-. The number of hydrogen-bond donors (Lipinski definition) is 3. The number of amides is 1. The zero-order chi connectivity index (χ0) is 15.2. The maximum atomic E-state index is 11.7. The molecular weight excluding hydrogens is 268 g/mol. The van der Waals surface area contributed by atoms with Crippen LogP contribution in [0.3, 0.4) is 0 Å². The summed E-state index contributed by atoms with van der Waals surface area (Å²) in [6.45, 7) is 5.44. The number of nitrogens with zero attached hydrogens (tertiary/aromatic N) is 2. The highest BCUT2D eigenvalue weighted by molar-refractivity contribution is 5.93. The number of phenolic OH excluding ortho intramolecular Hbond substituents is 1. The van der Waals surface area contributed by atoms with E-state index in [1.807, 2.05) is 0 Å². The number of allylic oxidation sites excluding steroid dienone is 1. The molecule has 0 spiro atoms. The summed E-state index contributed by atoms with van der Waals surface area (Å²) < 4.78 is 0. The molecule has 0 fully saturated rings. The molecule has 0 aliphatic rings. The molecule has 0 radical (unpaired) electrons. The molecule has 1 amide bonds. The third-order valence-corrected chi connectivity index (χ3v) is 2.82. The van der Waals surface area contributed by atoms with Crippen molar-refractivity contribution in [2.45, 2.75) is 13.3 Å². The lowest BCUT2D eigenvalue weighted by atomic mass is 10.1. The first kappa shape index (κ1) is 14.5. The van der Waals surface area contributed by atoms with Crippen molar-refractivity contribution in [1.82, 2.24) is 15.6 Å². The van der Waals surface area contributed by atoms with Crippen LogP contribution in [0.1, 0.15) is 27.3 Å². The molecule has 21 heavy (non-hydrogen) atoms. The number of para-hydroxylation sites is 1. The molecule has 0 aliphatic carbocycles. The Morgan fingerprint density at radius 1 is 1.57 bits per heavy atom. The van der Waals surface area contributed by atoms with E-state index in [9.17, 15) is 9.90 Å². The number of H-pyrrole nitrogens is 1. The van der Waals surface area contributed by atoms with E-state index >= 15 is 0 Å². The molecule has 0 saturated heterocycles. The Balaban J connectivity index is 2.06. The second-order valence-electron chi connectivity index (χ2n) is 4.48. The summed E-state index contributed by atoms with van der Waals surface area (Å²) in [7, 11) is 0. The van der Waals surface area contributed by atoms with Crippen LogP contribution in [-0.2, 0) is 6.42 Å². The molecule has 2 aromatic rings. The van der Waals surface area contributed by atoms with Gasteiger partial charge in [-0.25, -0.2) is 5.43 Å². The first-order valence-corrected chi connectivity index (χ1v) is 6.39. The van der Waals surface area contributed by atoms with Crippen molar-refractivity contribution >= 4 is 12.1 Å². The molecule has 0 aliphatic heterocycles. The first-order chi connectivity index (χ1) is 10.1. The highest BCUT2D eigenvalue weighted by Gasteiger charge is 2.08. The lowest BCUT2D eigenvalue weighted by Crippen LogP contribution is -2.18. The summed E-state index contributed by atoms with van der Waals surface area (Å²) >= 11 is 0.